The largest absolute Gasteiger partial charge is 0.378 e. The molecule has 0 amide bonds. The number of nitrogens with zero attached hydrogens (tertiary/aromatic N) is 1. The minimum absolute atomic E-state index is 0.0877. The number of aromatic amines is 1. The number of aryl methyl sites for hydroxylation is 2. The summed E-state index contributed by atoms with van der Waals surface area (Å²) < 4.78 is 0. The van der Waals surface area contributed by atoms with Gasteiger partial charge >= 0.3 is 0 Å². The minimum Gasteiger partial charge on any atom is -0.378 e. The number of benzene rings is 3. The van der Waals surface area contributed by atoms with Crippen LogP contribution in [-0.4, -0.2) is 9.97 Å². The van der Waals surface area contributed by atoms with Crippen LogP contribution in [0, 0.1) is 13.8 Å². The number of nitrogens with one attached hydrogen (secondary N) is 2. The van der Waals surface area contributed by atoms with Crippen molar-refractivity contribution in [1.82, 2.24) is 9.97 Å². The Balaban J connectivity index is 1.47. The van der Waals surface area contributed by atoms with Gasteiger partial charge in [0.15, 0.2) is 0 Å². The van der Waals surface area contributed by atoms with Crippen molar-refractivity contribution in [2.45, 2.75) is 20.4 Å². The molecule has 0 aliphatic carbocycles. The summed E-state index contributed by atoms with van der Waals surface area (Å²) in [4.78, 5) is 22.5. The molecule has 5 heteroatoms. The maximum absolute atomic E-state index is 12.9. The van der Waals surface area contributed by atoms with Gasteiger partial charge in [-0.15, -0.1) is 11.3 Å². The molecule has 0 aliphatic rings. The molecule has 0 saturated carbocycles. The smallest absolute Gasteiger partial charge is 0.260 e. The molecule has 30 heavy (non-hydrogen) atoms. The van der Waals surface area contributed by atoms with Gasteiger partial charge in [0.05, 0.1) is 11.9 Å². The molecule has 0 atom stereocenters. The van der Waals surface area contributed by atoms with Crippen LogP contribution in [0.15, 0.2) is 71.5 Å². The third-order valence-corrected chi connectivity index (χ3v) is 6.34. The first-order valence-corrected chi connectivity index (χ1v) is 10.7. The van der Waals surface area contributed by atoms with Crippen LogP contribution in [0.4, 0.5) is 5.69 Å². The van der Waals surface area contributed by atoms with Crippen molar-refractivity contribution in [3.8, 4) is 11.1 Å². The first-order chi connectivity index (χ1) is 14.6. The predicted octanol–water partition coefficient (Wildman–Crippen LogP) is 6.03. The molecule has 3 aromatic carbocycles. The van der Waals surface area contributed by atoms with Crippen molar-refractivity contribution < 1.29 is 0 Å². The fourth-order valence-corrected chi connectivity index (χ4v) is 4.86. The Bertz CT molecular complexity index is 1430. The van der Waals surface area contributed by atoms with E-state index in [0.29, 0.717) is 17.8 Å². The molecule has 0 saturated heterocycles. The number of aromatic nitrogens is 2. The van der Waals surface area contributed by atoms with Crippen molar-refractivity contribution in [1.29, 1.82) is 0 Å². The highest BCUT2D eigenvalue weighted by molar-refractivity contribution is 7.19. The first kappa shape index (κ1) is 18.6. The molecule has 5 rings (SSSR count). The molecule has 148 valence electrons. The number of thiophene rings is 1. The van der Waals surface area contributed by atoms with Crippen LogP contribution in [0.3, 0.4) is 0 Å². The Kier molecular flexibility index (Phi) is 4.60. The Hall–Kier alpha value is -3.44. The zero-order valence-corrected chi connectivity index (χ0v) is 17.6. The van der Waals surface area contributed by atoms with Gasteiger partial charge in [0.2, 0.25) is 0 Å². The van der Waals surface area contributed by atoms with Gasteiger partial charge < -0.3 is 10.3 Å². The van der Waals surface area contributed by atoms with Gasteiger partial charge in [-0.25, -0.2) is 4.98 Å². The Labute approximate surface area is 178 Å². The minimum atomic E-state index is -0.0877. The standard InChI is InChI=1S/C25H21N3OS/c1-15-7-9-18(10-8-15)22-16(2)30-25-23(22)24(29)27-21(28-25)14-26-20-12-11-17-5-3-4-6-19(17)13-20/h3-13,26H,14H2,1-2H3,(H,27,28,29). The lowest BCUT2D eigenvalue weighted by Gasteiger charge is -2.08. The lowest BCUT2D eigenvalue weighted by Crippen LogP contribution is -2.14. The summed E-state index contributed by atoms with van der Waals surface area (Å²) in [6.45, 7) is 4.57. The second-order valence-electron chi connectivity index (χ2n) is 7.51. The fourth-order valence-electron chi connectivity index (χ4n) is 3.80. The summed E-state index contributed by atoms with van der Waals surface area (Å²) in [6, 6.07) is 22.8. The van der Waals surface area contributed by atoms with E-state index in [1.54, 1.807) is 11.3 Å². The topological polar surface area (TPSA) is 57.8 Å². The summed E-state index contributed by atoms with van der Waals surface area (Å²) in [6.07, 6.45) is 0. The average molecular weight is 412 g/mol. The van der Waals surface area contributed by atoms with Crippen LogP contribution in [0.1, 0.15) is 16.3 Å². The number of anilines is 1. The van der Waals surface area contributed by atoms with Crippen molar-refractivity contribution in [2.75, 3.05) is 5.32 Å². The van der Waals surface area contributed by atoms with Gasteiger partial charge in [-0.2, -0.15) is 0 Å². The third kappa shape index (κ3) is 3.37. The molecule has 2 heterocycles. The number of H-pyrrole nitrogens is 1. The third-order valence-electron chi connectivity index (χ3n) is 5.34. The van der Waals surface area contributed by atoms with Gasteiger partial charge in [-0.1, -0.05) is 60.2 Å². The van der Waals surface area contributed by atoms with E-state index in [1.165, 1.54) is 16.3 Å². The quantitative estimate of drug-likeness (QED) is 0.379. The van der Waals surface area contributed by atoms with E-state index in [2.05, 4.69) is 65.8 Å². The number of hydrogen-bond acceptors (Lipinski definition) is 4. The number of hydrogen-bond donors (Lipinski definition) is 2. The van der Waals surface area contributed by atoms with Gasteiger partial charge in [0.1, 0.15) is 10.7 Å². The molecular formula is C25H21N3OS. The van der Waals surface area contributed by atoms with Crippen LogP contribution in [0.25, 0.3) is 32.1 Å². The molecule has 2 N–H and O–H groups in total. The van der Waals surface area contributed by atoms with Crippen LogP contribution >= 0.6 is 11.3 Å². The van der Waals surface area contributed by atoms with Gasteiger partial charge in [-0.3, -0.25) is 4.79 Å². The Morgan fingerprint density at radius 2 is 1.73 bits per heavy atom. The van der Waals surface area contributed by atoms with Crippen molar-refractivity contribution in [3.63, 3.8) is 0 Å². The zero-order valence-electron chi connectivity index (χ0n) is 16.8. The summed E-state index contributed by atoms with van der Waals surface area (Å²) >= 11 is 1.57. The second kappa shape index (κ2) is 7.43. The van der Waals surface area contributed by atoms with E-state index in [9.17, 15) is 4.79 Å². The normalized spacial score (nSPS) is 11.3. The molecule has 0 aliphatic heterocycles. The molecular weight excluding hydrogens is 390 g/mol. The van der Waals surface area contributed by atoms with Crippen LogP contribution in [0.2, 0.25) is 0 Å². The molecule has 0 bridgehead atoms. The van der Waals surface area contributed by atoms with Crippen LogP contribution < -0.4 is 10.9 Å². The zero-order chi connectivity index (χ0) is 20.7. The lowest BCUT2D eigenvalue weighted by atomic mass is 10.0. The maximum atomic E-state index is 12.9. The highest BCUT2D eigenvalue weighted by atomic mass is 32.1. The highest BCUT2D eigenvalue weighted by Crippen LogP contribution is 2.35. The molecule has 0 radical (unpaired) electrons. The molecule has 0 unspecified atom stereocenters. The molecule has 0 fully saturated rings. The van der Waals surface area contributed by atoms with Crippen LogP contribution in [-0.2, 0) is 6.54 Å². The van der Waals surface area contributed by atoms with Gasteiger partial charge in [0, 0.05) is 16.1 Å². The van der Waals surface area contributed by atoms with E-state index in [4.69, 9.17) is 4.98 Å². The van der Waals surface area contributed by atoms with Crippen LogP contribution in [0.5, 0.6) is 0 Å². The highest BCUT2D eigenvalue weighted by Gasteiger charge is 2.16. The van der Waals surface area contributed by atoms with E-state index in [-0.39, 0.29) is 5.56 Å². The molecule has 0 spiro atoms. The van der Waals surface area contributed by atoms with E-state index in [1.807, 2.05) is 25.1 Å². The second-order valence-corrected chi connectivity index (χ2v) is 8.71. The summed E-state index contributed by atoms with van der Waals surface area (Å²) in [5.74, 6) is 0.636. The average Bonchev–Trinajstić information content (AvgIpc) is 3.09. The van der Waals surface area contributed by atoms with E-state index >= 15 is 0 Å². The van der Waals surface area contributed by atoms with Crippen molar-refractivity contribution >= 4 is 38.0 Å². The lowest BCUT2D eigenvalue weighted by molar-refractivity contribution is 0.957. The van der Waals surface area contributed by atoms with Gasteiger partial charge in [0.25, 0.3) is 5.56 Å². The molecule has 4 nitrogen and oxygen atoms in total. The fraction of sp³-hybridized carbons (Fsp3) is 0.120. The summed E-state index contributed by atoms with van der Waals surface area (Å²) in [5, 5.41) is 6.43. The Morgan fingerprint density at radius 1 is 0.967 bits per heavy atom. The van der Waals surface area contributed by atoms with Crippen molar-refractivity contribution in [3.05, 3.63) is 93.3 Å². The number of fused-ring (bicyclic) bond motifs is 2. The monoisotopic (exact) mass is 411 g/mol. The SMILES string of the molecule is Cc1ccc(-c2c(C)sc3nc(CNc4ccc5ccccc5c4)[nH]c(=O)c23)cc1. The van der Waals surface area contributed by atoms with E-state index < -0.39 is 0 Å². The van der Waals surface area contributed by atoms with E-state index in [0.717, 1.165) is 26.5 Å². The van der Waals surface area contributed by atoms with Gasteiger partial charge in [-0.05, 0) is 42.3 Å². The predicted molar refractivity (Wildman–Crippen MR) is 126 cm³/mol. The maximum Gasteiger partial charge on any atom is 0.260 e. The molecule has 2 aromatic heterocycles. The summed E-state index contributed by atoms with van der Waals surface area (Å²) in [5.41, 5.74) is 4.15. The van der Waals surface area contributed by atoms with Crippen molar-refractivity contribution in [2.24, 2.45) is 0 Å². The number of rotatable bonds is 4. The molecule has 5 aromatic rings. The summed E-state index contributed by atoms with van der Waals surface area (Å²) in [7, 11) is 0. The Morgan fingerprint density at radius 3 is 2.53 bits per heavy atom. The first-order valence-electron chi connectivity index (χ1n) is 9.90.